The summed E-state index contributed by atoms with van der Waals surface area (Å²) in [5, 5.41) is 11.8. The summed E-state index contributed by atoms with van der Waals surface area (Å²) in [6.45, 7) is 0.455. The fraction of sp³-hybridized carbons (Fsp3) is 0.417. The lowest BCUT2D eigenvalue weighted by Crippen LogP contribution is -2.38. The molecular formula is C12H12Cl2FNO2. The molecule has 0 atom stereocenters. The lowest BCUT2D eigenvalue weighted by molar-refractivity contribution is 0.0420. The first-order valence-corrected chi connectivity index (χ1v) is 6.33. The van der Waals surface area contributed by atoms with Crippen molar-refractivity contribution < 1.29 is 14.3 Å². The van der Waals surface area contributed by atoms with E-state index in [1.807, 2.05) is 0 Å². The molecule has 1 saturated carbocycles. The van der Waals surface area contributed by atoms with Crippen LogP contribution >= 0.6 is 23.2 Å². The highest BCUT2D eigenvalue weighted by Gasteiger charge is 2.27. The summed E-state index contributed by atoms with van der Waals surface area (Å²) >= 11 is 11.4. The molecule has 1 aliphatic rings. The normalized spacial score (nSPS) is 22.4. The van der Waals surface area contributed by atoms with Gasteiger partial charge in [-0.05, 0) is 30.9 Å². The van der Waals surface area contributed by atoms with E-state index in [9.17, 15) is 9.18 Å². The van der Waals surface area contributed by atoms with E-state index in [-0.39, 0.29) is 27.6 Å². The van der Waals surface area contributed by atoms with E-state index in [0.717, 1.165) is 6.07 Å². The Bertz CT molecular complexity index is 475. The average Bonchev–Trinajstić information content (AvgIpc) is 2.27. The molecule has 1 amide bonds. The zero-order valence-corrected chi connectivity index (χ0v) is 10.9. The number of aliphatic hydroxyl groups excluding tert-OH is 1. The SMILES string of the molecule is O=C(NCC1CC(O)C1)c1cc(F)c(Cl)cc1Cl. The van der Waals surface area contributed by atoms with Gasteiger partial charge in [-0.25, -0.2) is 4.39 Å². The van der Waals surface area contributed by atoms with Gasteiger partial charge in [0.25, 0.3) is 5.91 Å². The quantitative estimate of drug-likeness (QED) is 0.841. The van der Waals surface area contributed by atoms with Gasteiger partial charge in [-0.3, -0.25) is 4.79 Å². The number of amides is 1. The zero-order chi connectivity index (χ0) is 13.3. The van der Waals surface area contributed by atoms with Crippen LogP contribution in [-0.2, 0) is 0 Å². The molecule has 1 fully saturated rings. The first-order chi connectivity index (χ1) is 8.47. The van der Waals surface area contributed by atoms with Crippen molar-refractivity contribution in [1.82, 2.24) is 5.32 Å². The molecule has 0 heterocycles. The first-order valence-electron chi connectivity index (χ1n) is 5.58. The molecule has 6 heteroatoms. The fourth-order valence-corrected chi connectivity index (χ4v) is 2.37. The number of halogens is 3. The van der Waals surface area contributed by atoms with Gasteiger partial charge < -0.3 is 10.4 Å². The molecule has 1 aromatic rings. The van der Waals surface area contributed by atoms with E-state index in [1.54, 1.807) is 0 Å². The van der Waals surface area contributed by atoms with Gasteiger partial charge in [0.15, 0.2) is 0 Å². The highest BCUT2D eigenvalue weighted by atomic mass is 35.5. The number of hydrogen-bond donors (Lipinski definition) is 2. The minimum absolute atomic E-state index is 0.0680. The fourth-order valence-electron chi connectivity index (χ4n) is 1.90. The van der Waals surface area contributed by atoms with Crippen LogP contribution in [0.25, 0.3) is 0 Å². The van der Waals surface area contributed by atoms with Crippen molar-refractivity contribution >= 4 is 29.1 Å². The summed E-state index contributed by atoms with van der Waals surface area (Å²) in [6.07, 6.45) is 1.11. The molecule has 0 aromatic heterocycles. The van der Waals surface area contributed by atoms with Gasteiger partial charge in [-0.2, -0.15) is 0 Å². The molecular weight excluding hydrogens is 280 g/mol. The van der Waals surface area contributed by atoms with Gasteiger partial charge in [0, 0.05) is 6.54 Å². The van der Waals surface area contributed by atoms with E-state index < -0.39 is 11.7 Å². The van der Waals surface area contributed by atoms with Crippen molar-refractivity contribution in [2.75, 3.05) is 6.54 Å². The third-order valence-corrected chi connectivity index (χ3v) is 3.62. The number of carbonyl (C=O) groups excluding carboxylic acids is 1. The molecule has 2 rings (SSSR count). The molecule has 0 spiro atoms. The van der Waals surface area contributed by atoms with Gasteiger partial charge in [-0.15, -0.1) is 0 Å². The number of hydrogen-bond acceptors (Lipinski definition) is 2. The van der Waals surface area contributed by atoms with Crippen LogP contribution < -0.4 is 5.32 Å². The smallest absolute Gasteiger partial charge is 0.252 e. The van der Waals surface area contributed by atoms with Crippen molar-refractivity contribution in [3.8, 4) is 0 Å². The van der Waals surface area contributed by atoms with Crippen LogP contribution in [0.3, 0.4) is 0 Å². The molecule has 3 nitrogen and oxygen atoms in total. The van der Waals surface area contributed by atoms with Crippen LogP contribution in [0.5, 0.6) is 0 Å². The summed E-state index contributed by atoms with van der Waals surface area (Å²) in [7, 11) is 0. The molecule has 1 aliphatic carbocycles. The standard InChI is InChI=1S/C12H12Cl2FNO2/c13-9-4-10(14)11(15)3-8(9)12(18)16-5-6-1-7(17)2-6/h3-4,6-7,17H,1-2,5H2,(H,16,18). The second kappa shape index (κ2) is 5.43. The second-order valence-corrected chi connectivity index (χ2v) is 5.26. The molecule has 18 heavy (non-hydrogen) atoms. The van der Waals surface area contributed by atoms with E-state index in [2.05, 4.69) is 5.32 Å². The Morgan fingerprint density at radius 3 is 2.67 bits per heavy atom. The predicted octanol–water partition coefficient (Wildman–Crippen LogP) is 2.63. The van der Waals surface area contributed by atoms with E-state index in [1.165, 1.54) is 6.07 Å². The van der Waals surface area contributed by atoms with Crippen LogP contribution in [-0.4, -0.2) is 23.7 Å². The molecule has 2 N–H and O–H groups in total. The monoisotopic (exact) mass is 291 g/mol. The number of benzene rings is 1. The van der Waals surface area contributed by atoms with Crippen LogP contribution in [0.1, 0.15) is 23.2 Å². The Labute approximate surface area is 114 Å². The Kier molecular flexibility index (Phi) is 4.10. The Morgan fingerprint density at radius 2 is 2.06 bits per heavy atom. The van der Waals surface area contributed by atoms with Crippen LogP contribution in [0.2, 0.25) is 10.0 Å². The minimum Gasteiger partial charge on any atom is -0.393 e. The van der Waals surface area contributed by atoms with Gasteiger partial charge in [-0.1, -0.05) is 23.2 Å². The van der Waals surface area contributed by atoms with Crippen molar-refractivity contribution in [3.05, 3.63) is 33.6 Å². The summed E-state index contributed by atoms with van der Waals surface area (Å²) in [6, 6.07) is 2.23. The lowest BCUT2D eigenvalue weighted by atomic mass is 9.82. The van der Waals surface area contributed by atoms with Gasteiger partial charge in [0.2, 0.25) is 0 Å². The average molecular weight is 292 g/mol. The van der Waals surface area contributed by atoms with Crippen molar-refractivity contribution in [2.45, 2.75) is 18.9 Å². The number of rotatable bonds is 3. The third kappa shape index (κ3) is 2.94. The molecule has 98 valence electrons. The summed E-state index contributed by atoms with van der Waals surface area (Å²) in [4.78, 5) is 11.8. The summed E-state index contributed by atoms with van der Waals surface area (Å²) < 4.78 is 13.2. The number of aliphatic hydroxyl groups is 1. The number of nitrogens with one attached hydrogen (secondary N) is 1. The Hall–Kier alpha value is -0.840. The Balaban J connectivity index is 1.98. The first kappa shape index (κ1) is 13.6. The minimum atomic E-state index is -0.676. The van der Waals surface area contributed by atoms with E-state index in [4.69, 9.17) is 28.3 Å². The second-order valence-electron chi connectivity index (χ2n) is 4.45. The number of carbonyl (C=O) groups is 1. The van der Waals surface area contributed by atoms with Gasteiger partial charge >= 0.3 is 0 Å². The largest absolute Gasteiger partial charge is 0.393 e. The third-order valence-electron chi connectivity index (χ3n) is 3.02. The van der Waals surface area contributed by atoms with Crippen molar-refractivity contribution in [1.29, 1.82) is 0 Å². The van der Waals surface area contributed by atoms with Crippen molar-refractivity contribution in [2.24, 2.45) is 5.92 Å². The predicted molar refractivity (Wildman–Crippen MR) is 67.5 cm³/mol. The maximum Gasteiger partial charge on any atom is 0.252 e. The Morgan fingerprint density at radius 1 is 1.39 bits per heavy atom. The zero-order valence-electron chi connectivity index (χ0n) is 9.42. The summed E-state index contributed by atoms with van der Waals surface area (Å²) in [5.41, 5.74) is 0.0680. The van der Waals surface area contributed by atoms with E-state index >= 15 is 0 Å². The van der Waals surface area contributed by atoms with Crippen LogP contribution in [0.15, 0.2) is 12.1 Å². The summed E-state index contributed by atoms with van der Waals surface area (Å²) in [5.74, 6) is -0.831. The maximum absolute atomic E-state index is 13.2. The highest BCUT2D eigenvalue weighted by Crippen LogP contribution is 2.27. The van der Waals surface area contributed by atoms with Crippen LogP contribution in [0.4, 0.5) is 4.39 Å². The molecule has 0 aliphatic heterocycles. The molecule has 0 radical (unpaired) electrons. The molecule has 0 unspecified atom stereocenters. The van der Waals surface area contributed by atoms with Crippen molar-refractivity contribution in [3.63, 3.8) is 0 Å². The van der Waals surface area contributed by atoms with Gasteiger partial charge in [0.1, 0.15) is 5.82 Å². The topological polar surface area (TPSA) is 49.3 Å². The molecule has 0 saturated heterocycles. The molecule has 0 bridgehead atoms. The van der Waals surface area contributed by atoms with Crippen LogP contribution in [0, 0.1) is 11.7 Å². The highest BCUT2D eigenvalue weighted by molar-refractivity contribution is 6.36. The maximum atomic E-state index is 13.2. The molecule has 1 aromatic carbocycles. The van der Waals surface area contributed by atoms with Gasteiger partial charge in [0.05, 0.1) is 21.7 Å². The lowest BCUT2D eigenvalue weighted by Gasteiger charge is -2.31. The van der Waals surface area contributed by atoms with E-state index in [0.29, 0.717) is 19.4 Å².